The van der Waals surface area contributed by atoms with Crippen molar-refractivity contribution in [3.8, 4) is 0 Å². The Labute approximate surface area is 110 Å². The fourth-order valence-electron chi connectivity index (χ4n) is 1.89. The van der Waals surface area contributed by atoms with Crippen LogP contribution in [0.3, 0.4) is 0 Å². The van der Waals surface area contributed by atoms with Crippen molar-refractivity contribution < 1.29 is 19.1 Å². The van der Waals surface area contributed by atoms with Crippen LogP contribution in [-0.2, 0) is 4.74 Å². The Morgan fingerprint density at radius 3 is 3.17 bits per heavy atom. The van der Waals surface area contributed by atoms with Crippen LogP contribution in [0.1, 0.15) is 16.8 Å². The first-order valence-electron chi connectivity index (χ1n) is 5.89. The molecule has 1 aliphatic heterocycles. The van der Waals surface area contributed by atoms with Crippen molar-refractivity contribution >= 4 is 17.7 Å². The zero-order valence-electron chi connectivity index (χ0n) is 10.1. The summed E-state index contributed by atoms with van der Waals surface area (Å²) in [6.07, 6.45) is 3.78. The first-order valence-corrected chi connectivity index (χ1v) is 7.04. The van der Waals surface area contributed by atoms with E-state index in [0.29, 0.717) is 18.7 Å². The second-order valence-electron chi connectivity index (χ2n) is 4.25. The molecular formula is C12H17NO4S. The van der Waals surface area contributed by atoms with Gasteiger partial charge in [-0.25, -0.2) is 0 Å². The lowest BCUT2D eigenvalue weighted by Gasteiger charge is -2.28. The van der Waals surface area contributed by atoms with E-state index in [-0.39, 0.29) is 18.1 Å². The van der Waals surface area contributed by atoms with Crippen molar-refractivity contribution in [3.63, 3.8) is 0 Å². The molecule has 1 saturated heterocycles. The molecule has 1 fully saturated rings. The standard InChI is InChI=1S/C12H17NO4S/c14-3-5-17-12(2-6-18-9-12)8-13-11(15)10-1-4-16-7-10/h1,4,7,14H,2-3,5-6,8-9H2,(H,13,15). The molecule has 0 saturated carbocycles. The minimum Gasteiger partial charge on any atom is -0.472 e. The molecule has 6 heteroatoms. The number of aliphatic hydroxyl groups is 1. The van der Waals surface area contributed by atoms with E-state index in [9.17, 15) is 4.79 Å². The summed E-state index contributed by atoms with van der Waals surface area (Å²) in [6.45, 7) is 0.772. The topological polar surface area (TPSA) is 71.7 Å². The maximum atomic E-state index is 11.8. The fourth-order valence-corrected chi connectivity index (χ4v) is 3.25. The molecule has 1 unspecified atom stereocenters. The lowest BCUT2D eigenvalue weighted by atomic mass is 10.0. The van der Waals surface area contributed by atoms with Crippen molar-refractivity contribution in [3.05, 3.63) is 24.2 Å². The average Bonchev–Trinajstić information content (AvgIpc) is 3.05. The highest BCUT2D eigenvalue weighted by atomic mass is 32.2. The molecule has 100 valence electrons. The summed E-state index contributed by atoms with van der Waals surface area (Å²) in [5, 5.41) is 11.7. The zero-order valence-corrected chi connectivity index (χ0v) is 10.9. The van der Waals surface area contributed by atoms with Crippen molar-refractivity contribution in [1.29, 1.82) is 0 Å². The first kappa shape index (κ1) is 13.5. The molecule has 2 rings (SSSR count). The summed E-state index contributed by atoms with van der Waals surface area (Å²) in [5.74, 6) is 1.71. The molecule has 1 amide bonds. The van der Waals surface area contributed by atoms with Crippen LogP contribution in [0.2, 0.25) is 0 Å². The molecule has 0 radical (unpaired) electrons. The van der Waals surface area contributed by atoms with Gasteiger partial charge in [0.05, 0.1) is 30.6 Å². The lowest BCUT2D eigenvalue weighted by Crippen LogP contribution is -2.45. The Kier molecular flexibility index (Phi) is 4.68. The Bertz CT molecular complexity index is 373. The number of rotatable bonds is 6. The molecule has 1 aromatic rings. The highest BCUT2D eigenvalue weighted by Crippen LogP contribution is 2.30. The van der Waals surface area contributed by atoms with Gasteiger partial charge < -0.3 is 19.6 Å². The number of carbonyl (C=O) groups is 1. The number of nitrogens with one attached hydrogen (secondary N) is 1. The van der Waals surface area contributed by atoms with Gasteiger partial charge in [0.15, 0.2) is 0 Å². The highest BCUT2D eigenvalue weighted by Gasteiger charge is 2.35. The van der Waals surface area contributed by atoms with Gasteiger partial charge >= 0.3 is 0 Å². The van der Waals surface area contributed by atoms with Crippen LogP contribution >= 0.6 is 11.8 Å². The Morgan fingerprint density at radius 1 is 1.67 bits per heavy atom. The van der Waals surface area contributed by atoms with Gasteiger partial charge in [-0.2, -0.15) is 11.8 Å². The fraction of sp³-hybridized carbons (Fsp3) is 0.583. The number of amides is 1. The molecule has 0 spiro atoms. The highest BCUT2D eigenvalue weighted by molar-refractivity contribution is 7.99. The van der Waals surface area contributed by atoms with Crippen molar-refractivity contribution in [2.24, 2.45) is 0 Å². The second-order valence-corrected chi connectivity index (χ2v) is 5.36. The molecule has 18 heavy (non-hydrogen) atoms. The molecule has 0 bridgehead atoms. The van der Waals surface area contributed by atoms with Gasteiger partial charge in [-0.1, -0.05) is 0 Å². The quantitative estimate of drug-likeness (QED) is 0.804. The Balaban J connectivity index is 1.88. The number of thioether (sulfide) groups is 1. The van der Waals surface area contributed by atoms with Crippen molar-refractivity contribution in [2.75, 3.05) is 31.3 Å². The van der Waals surface area contributed by atoms with Gasteiger partial charge in [-0.05, 0) is 18.2 Å². The Hall–Kier alpha value is -0.980. The van der Waals surface area contributed by atoms with Crippen LogP contribution in [0.5, 0.6) is 0 Å². The summed E-state index contributed by atoms with van der Waals surface area (Å²) >= 11 is 1.80. The Morgan fingerprint density at radius 2 is 2.56 bits per heavy atom. The molecular weight excluding hydrogens is 254 g/mol. The van der Waals surface area contributed by atoms with Crippen molar-refractivity contribution in [2.45, 2.75) is 12.0 Å². The van der Waals surface area contributed by atoms with Crippen LogP contribution in [0, 0.1) is 0 Å². The lowest BCUT2D eigenvalue weighted by molar-refractivity contribution is -0.0378. The van der Waals surface area contributed by atoms with E-state index in [1.165, 1.54) is 12.5 Å². The minimum absolute atomic E-state index is 0.00208. The van der Waals surface area contributed by atoms with Crippen LogP contribution < -0.4 is 5.32 Å². The summed E-state index contributed by atoms with van der Waals surface area (Å²) < 4.78 is 10.6. The third kappa shape index (κ3) is 3.28. The number of carbonyl (C=O) groups excluding carboxylic acids is 1. The predicted octanol–water partition coefficient (Wildman–Crippen LogP) is 0.894. The average molecular weight is 271 g/mol. The van der Waals surface area contributed by atoms with Gasteiger partial charge in [-0.15, -0.1) is 0 Å². The van der Waals surface area contributed by atoms with Gasteiger partial charge in [0.1, 0.15) is 6.26 Å². The summed E-state index contributed by atoms with van der Waals surface area (Å²) in [5.41, 5.74) is 0.172. The van der Waals surface area contributed by atoms with Crippen molar-refractivity contribution in [1.82, 2.24) is 5.32 Å². The number of aliphatic hydroxyl groups excluding tert-OH is 1. The van der Waals surface area contributed by atoms with E-state index in [1.807, 2.05) is 0 Å². The maximum Gasteiger partial charge on any atom is 0.254 e. The summed E-state index contributed by atoms with van der Waals surface area (Å²) in [7, 11) is 0. The second kappa shape index (κ2) is 6.26. The normalized spacial score (nSPS) is 23.2. The summed E-state index contributed by atoms with van der Waals surface area (Å²) in [4.78, 5) is 11.8. The van der Waals surface area contributed by atoms with Gasteiger partial charge in [0, 0.05) is 12.3 Å². The number of furan rings is 1. The molecule has 1 aliphatic rings. The van der Waals surface area contributed by atoms with E-state index in [4.69, 9.17) is 14.3 Å². The van der Waals surface area contributed by atoms with Gasteiger partial charge in [-0.3, -0.25) is 4.79 Å². The van der Waals surface area contributed by atoms with Gasteiger partial charge in [0.2, 0.25) is 0 Å². The van der Waals surface area contributed by atoms with Gasteiger partial charge in [0.25, 0.3) is 5.91 Å². The van der Waals surface area contributed by atoms with Crippen LogP contribution in [0.15, 0.2) is 23.0 Å². The number of hydrogen-bond donors (Lipinski definition) is 2. The van der Waals surface area contributed by atoms with E-state index < -0.39 is 0 Å². The largest absolute Gasteiger partial charge is 0.472 e. The molecule has 0 aromatic carbocycles. The van der Waals surface area contributed by atoms with E-state index in [0.717, 1.165) is 17.9 Å². The number of ether oxygens (including phenoxy) is 1. The first-order chi connectivity index (χ1) is 8.76. The zero-order chi connectivity index (χ0) is 12.8. The molecule has 2 N–H and O–H groups in total. The van der Waals surface area contributed by atoms with E-state index in [2.05, 4.69) is 5.32 Å². The monoisotopic (exact) mass is 271 g/mol. The summed E-state index contributed by atoms with van der Waals surface area (Å²) in [6, 6.07) is 1.62. The number of hydrogen-bond acceptors (Lipinski definition) is 5. The van der Waals surface area contributed by atoms with Crippen LogP contribution in [0.4, 0.5) is 0 Å². The van der Waals surface area contributed by atoms with E-state index >= 15 is 0 Å². The third-order valence-corrected chi connectivity index (χ3v) is 4.14. The SMILES string of the molecule is O=C(NCC1(OCCO)CCSC1)c1ccoc1. The predicted molar refractivity (Wildman–Crippen MR) is 68.8 cm³/mol. The molecule has 0 aliphatic carbocycles. The minimum atomic E-state index is -0.340. The smallest absolute Gasteiger partial charge is 0.254 e. The maximum absolute atomic E-state index is 11.8. The molecule has 1 aromatic heterocycles. The third-order valence-electron chi connectivity index (χ3n) is 2.92. The molecule has 2 heterocycles. The van der Waals surface area contributed by atoms with Crippen LogP contribution in [0.25, 0.3) is 0 Å². The van der Waals surface area contributed by atoms with Crippen LogP contribution in [-0.4, -0.2) is 47.9 Å². The molecule has 1 atom stereocenters. The van der Waals surface area contributed by atoms with E-state index in [1.54, 1.807) is 17.8 Å². The molecule has 5 nitrogen and oxygen atoms in total.